The van der Waals surface area contributed by atoms with Gasteiger partial charge >= 0.3 is 5.97 Å². The highest BCUT2D eigenvalue weighted by Crippen LogP contribution is 2.26. The summed E-state index contributed by atoms with van der Waals surface area (Å²) in [4.78, 5) is 24.4. The second-order valence-electron chi connectivity index (χ2n) is 7.29. The second-order valence-corrected chi connectivity index (χ2v) is 7.29. The lowest BCUT2D eigenvalue weighted by Gasteiger charge is -2.03. The van der Waals surface area contributed by atoms with Crippen LogP contribution in [0, 0.1) is 5.82 Å². The fraction of sp³-hybridized carbons (Fsp3) is 0.0741. The molecule has 0 saturated carbocycles. The summed E-state index contributed by atoms with van der Waals surface area (Å²) in [5.74, 6) is -1.28. The van der Waals surface area contributed by atoms with Gasteiger partial charge in [-0.25, -0.2) is 13.9 Å². The summed E-state index contributed by atoms with van der Waals surface area (Å²) >= 11 is 0. The first-order valence-corrected chi connectivity index (χ1v) is 10.5. The van der Waals surface area contributed by atoms with Gasteiger partial charge in [0.25, 0.3) is 0 Å². The Labute approximate surface area is 195 Å². The predicted molar refractivity (Wildman–Crippen MR) is 126 cm³/mol. The maximum Gasteiger partial charge on any atom is 0.331 e. The number of esters is 1. The quantitative estimate of drug-likeness (QED) is 0.209. The molecule has 0 atom stereocenters. The van der Waals surface area contributed by atoms with E-state index in [2.05, 4.69) is 5.10 Å². The van der Waals surface area contributed by atoms with Gasteiger partial charge in [0, 0.05) is 23.4 Å². The molecule has 0 aliphatic carbocycles. The smallest absolute Gasteiger partial charge is 0.331 e. The highest BCUT2D eigenvalue weighted by molar-refractivity contribution is 5.99. The molecule has 7 heteroatoms. The number of hydrogen-bond acceptors (Lipinski definition) is 5. The monoisotopic (exact) mass is 456 g/mol. The third kappa shape index (κ3) is 5.27. The van der Waals surface area contributed by atoms with E-state index in [1.165, 1.54) is 24.3 Å². The number of aromatic nitrogens is 2. The van der Waals surface area contributed by atoms with E-state index < -0.39 is 24.2 Å². The lowest BCUT2D eigenvalue weighted by atomic mass is 10.1. The van der Waals surface area contributed by atoms with Crippen LogP contribution in [0.2, 0.25) is 0 Å². The summed E-state index contributed by atoms with van der Waals surface area (Å²) in [7, 11) is 1.59. The first-order valence-electron chi connectivity index (χ1n) is 10.5. The molecule has 0 bridgehead atoms. The molecule has 6 nitrogen and oxygen atoms in total. The Kier molecular flexibility index (Phi) is 6.93. The molecule has 0 amide bonds. The van der Waals surface area contributed by atoms with Crippen molar-refractivity contribution >= 4 is 17.8 Å². The number of rotatable bonds is 8. The molecule has 0 aliphatic heterocycles. The van der Waals surface area contributed by atoms with E-state index >= 15 is 0 Å². The summed E-state index contributed by atoms with van der Waals surface area (Å²) in [6.45, 7) is -0.557. The van der Waals surface area contributed by atoms with E-state index in [0.29, 0.717) is 17.0 Å². The van der Waals surface area contributed by atoms with Crippen LogP contribution in [0.1, 0.15) is 15.9 Å². The van der Waals surface area contributed by atoms with Crippen molar-refractivity contribution in [3.63, 3.8) is 0 Å². The molecule has 0 fully saturated rings. The topological polar surface area (TPSA) is 70.4 Å². The minimum absolute atomic E-state index is 0.120. The standard InChI is InChI=1S/C27H21FN2O4/c1-33-22-14-11-19(12-15-22)27-20(17-30(29-27)21-7-3-2-4-8-21)13-16-26(32)34-18-25(31)23-9-5-6-10-24(23)28/h2-17H,18H2,1H3/b16-13+. The molecule has 0 unspecified atom stereocenters. The molecule has 1 heterocycles. The van der Waals surface area contributed by atoms with Crippen molar-refractivity contribution in [2.24, 2.45) is 0 Å². The number of para-hydroxylation sites is 1. The molecule has 0 spiro atoms. The zero-order valence-corrected chi connectivity index (χ0v) is 18.4. The summed E-state index contributed by atoms with van der Waals surface area (Å²) in [5, 5.41) is 4.68. The first-order chi connectivity index (χ1) is 16.5. The van der Waals surface area contributed by atoms with Crippen LogP contribution >= 0.6 is 0 Å². The zero-order chi connectivity index (χ0) is 23.9. The molecule has 0 aliphatic rings. The van der Waals surface area contributed by atoms with Crippen molar-refractivity contribution in [3.8, 4) is 22.7 Å². The van der Waals surface area contributed by atoms with Crippen molar-refractivity contribution in [1.82, 2.24) is 9.78 Å². The minimum Gasteiger partial charge on any atom is -0.497 e. The molecular formula is C27H21FN2O4. The van der Waals surface area contributed by atoms with Gasteiger partial charge in [-0.15, -0.1) is 0 Å². The Morgan fingerprint density at radius 3 is 2.38 bits per heavy atom. The first kappa shape index (κ1) is 22.7. The molecule has 3 aromatic carbocycles. The van der Waals surface area contributed by atoms with Crippen LogP contribution in [0.3, 0.4) is 0 Å². The van der Waals surface area contributed by atoms with Crippen LogP contribution in [0.25, 0.3) is 23.0 Å². The third-order valence-electron chi connectivity index (χ3n) is 5.05. The van der Waals surface area contributed by atoms with E-state index in [4.69, 9.17) is 9.47 Å². The fourth-order valence-corrected chi connectivity index (χ4v) is 3.30. The predicted octanol–water partition coefficient (Wildman–Crippen LogP) is 5.13. The Morgan fingerprint density at radius 1 is 0.971 bits per heavy atom. The lowest BCUT2D eigenvalue weighted by molar-refractivity contribution is -0.136. The summed E-state index contributed by atoms with van der Waals surface area (Å²) in [5.41, 5.74) is 2.89. The fourth-order valence-electron chi connectivity index (χ4n) is 3.30. The number of halogens is 1. The molecule has 34 heavy (non-hydrogen) atoms. The number of Topliss-reactive ketones (excluding diaryl/α,β-unsaturated/α-hetero) is 1. The van der Waals surface area contributed by atoms with Gasteiger partial charge in [0.1, 0.15) is 11.6 Å². The van der Waals surface area contributed by atoms with Crippen molar-refractivity contribution in [2.45, 2.75) is 0 Å². The van der Waals surface area contributed by atoms with Gasteiger partial charge in [-0.2, -0.15) is 5.10 Å². The van der Waals surface area contributed by atoms with Crippen LogP contribution in [-0.4, -0.2) is 35.2 Å². The normalized spacial score (nSPS) is 10.9. The molecule has 4 rings (SSSR count). The maximum atomic E-state index is 13.7. The van der Waals surface area contributed by atoms with Crippen LogP contribution in [-0.2, 0) is 9.53 Å². The SMILES string of the molecule is COc1ccc(-c2nn(-c3ccccc3)cc2/C=C/C(=O)OCC(=O)c2ccccc2F)cc1. The molecule has 0 radical (unpaired) electrons. The van der Waals surface area contributed by atoms with Crippen molar-refractivity contribution in [3.05, 3.63) is 108 Å². The molecule has 4 aromatic rings. The molecule has 1 aromatic heterocycles. The van der Waals surface area contributed by atoms with Crippen LogP contribution in [0.5, 0.6) is 5.75 Å². The Hall–Kier alpha value is -4.52. The van der Waals surface area contributed by atoms with Crippen molar-refractivity contribution < 1.29 is 23.5 Å². The number of methoxy groups -OCH3 is 1. The summed E-state index contributed by atoms with van der Waals surface area (Å²) < 4.78 is 25.7. The van der Waals surface area contributed by atoms with Gasteiger partial charge in [0.15, 0.2) is 6.61 Å². The van der Waals surface area contributed by atoms with Gasteiger partial charge < -0.3 is 9.47 Å². The highest BCUT2D eigenvalue weighted by Gasteiger charge is 2.14. The Bertz CT molecular complexity index is 1330. The van der Waals surface area contributed by atoms with Crippen molar-refractivity contribution in [2.75, 3.05) is 13.7 Å². The number of nitrogens with zero attached hydrogens (tertiary/aromatic N) is 2. The zero-order valence-electron chi connectivity index (χ0n) is 18.4. The molecule has 0 saturated heterocycles. The van der Waals surface area contributed by atoms with E-state index in [-0.39, 0.29) is 5.56 Å². The van der Waals surface area contributed by atoms with Gasteiger partial charge in [-0.3, -0.25) is 4.79 Å². The van der Waals surface area contributed by atoms with Gasteiger partial charge in [0.05, 0.1) is 24.1 Å². The number of ketones is 1. The molecule has 170 valence electrons. The number of carbonyl (C=O) groups is 2. The number of hydrogen-bond donors (Lipinski definition) is 0. The third-order valence-corrected chi connectivity index (χ3v) is 5.05. The lowest BCUT2D eigenvalue weighted by Crippen LogP contribution is -2.13. The van der Waals surface area contributed by atoms with Gasteiger partial charge in [-0.05, 0) is 54.6 Å². The second kappa shape index (κ2) is 10.4. The summed E-state index contributed by atoms with van der Waals surface area (Å²) in [6.07, 6.45) is 4.58. The number of carbonyl (C=O) groups excluding carboxylic acids is 2. The Balaban J connectivity index is 1.54. The Morgan fingerprint density at radius 2 is 1.68 bits per heavy atom. The highest BCUT2D eigenvalue weighted by atomic mass is 19.1. The van der Waals surface area contributed by atoms with Crippen LogP contribution in [0.4, 0.5) is 4.39 Å². The van der Waals surface area contributed by atoms with Gasteiger partial charge in [0.2, 0.25) is 5.78 Å². The van der Waals surface area contributed by atoms with Crippen LogP contribution in [0.15, 0.2) is 91.1 Å². The van der Waals surface area contributed by atoms with Gasteiger partial charge in [-0.1, -0.05) is 30.3 Å². The van der Waals surface area contributed by atoms with Crippen molar-refractivity contribution in [1.29, 1.82) is 0 Å². The van der Waals surface area contributed by atoms with E-state index in [9.17, 15) is 14.0 Å². The number of benzene rings is 3. The van der Waals surface area contributed by atoms with E-state index in [0.717, 1.165) is 11.3 Å². The molecule has 0 N–H and O–H groups in total. The van der Waals surface area contributed by atoms with E-state index in [1.54, 1.807) is 30.1 Å². The number of ether oxygens (including phenoxy) is 2. The average molecular weight is 456 g/mol. The molecular weight excluding hydrogens is 435 g/mol. The largest absolute Gasteiger partial charge is 0.497 e. The van der Waals surface area contributed by atoms with E-state index in [1.807, 2.05) is 54.6 Å². The summed E-state index contributed by atoms with van der Waals surface area (Å²) in [6, 6.07) is 22.5. The minimum atomic E-state index is -0.724. The average Bonchev–Trinajstić information content (AvgIpc) is 3.31. The van der Waals surface area contributed by atoms with Crippen LogP contribution < -0.4 is 4.74 Å². The maximum absolute atomic E-state index is 13.7.